The van der Waals surface area contributed by atoms with E-state index >= 15 is 0 Å². The van der Waals surface area contributed by atoms with Crippen LogP contribution in [0.1, 0.15) is 68.7 Å². The Morgan fingerprint density at radius 2 is 1.81 bits per heavy atom. The van der Waals surface area contributed by atoms with E-state index in [1.54, 1.807) is 0 Å². The highest BCUT2D eigenvalue weighted by molar-refractivity contribution is 5.99. The Bertz CT molecular complexity index is 1770. The number of ether oxygens (including phenoxy) is 2. The molecule has 0 saturated carbocycles. The third-order valence-corrected chi connectivity index (χ3v) is 10.3. The number of likely N-dealkylation sites (N-methyl/N-ethyl adjacent to an activating group) is 1. The Morgan fingerprint density at radius 1 is 1.06 bits per heavy atom. The summed E-state index contributed by atoms with van der Waals surface area (Å²) in [4.78, 5) is 27.2. The number of amides is 1. The molecule has 244 valence electrons. The number of terminal acetylenes is 1. The summed E-state index contributed by atoms with van der Waals surface area (Å²) in [7, 11) is 2.13. The first-order valence-corrected chi connectivity index (χ1v) is 16.9. The van der Waals surface area contributed by atoms with Crippen LogP contribution >= 0.6 is 0 Å². The largest absolute Gasteiger partial charge is 0.475 e. The van der Waals surface area contributed by atoms with Crippen LogP contribution in [0.25, 0.3) is 10.8 Å². The highest BCUT2D eigenvalue weighted by Gasteiger charge is 2.45. The fraction of sp³-hybridized carbons (Fsp3) is 0.500. The lowest BCUT2D eigenvalue weighted by Crippen LogP contribution is -2.56. The molecule has 2 aromatic carbocycles. The van der Waals surface area contributed by atoms with Gasteiger partial charge in [0.15, 0.2) is 0 Å². The molecule has 3 atom stereocenters. The number of hydrogen-bond donors (Lipinski definition) is 0. The van der Waals surface area contributed by atoms with E-state index in [0.29, 0.717) is 43.7 Å². The molecule has 0 N–H and O–H groups in total. The number of rotatable bonds is 5. The van der Waals surface area contributed by atoms with Gasteiger partial charge in [0.2, 0.25) is 5.88 Å². The summed E-state index contributed by atoms with van der Waals surface area (Å²) in [5.74, 6) is 4.21. The molecule has 4 aliphatic rings. The molecule has 0 spiro atoms. The van der Waals surface area contributed by atoms with Crippen LogP contribution < -0.4 is 14.5 Å². The van der Waals surface area contributed by atoms with Gasteiger partial charge < -0.3 is 29.1 Å². The molecule has 3 saturated heterocycles. The zero-order valence-corrected chi connectivity index (χ0v) is 28.0. The Morgan fingerprint density at radius 3 is 2.47 bits per heavy atom. The third-order valence-electron chi connectivity index (χ3n) is 10.3. The van der Waals surface area contributed by atoms with Gasteiger partial charge in [-0.1, -0.05) is 30.2 Å². The maximum Gasteiger partial charge on any atom is 0.410 e. The van der Waals surface area contributed by atoms with Crippen molar-refractivity contribution in [2.45, 2.75) is 83.1 Å². The summed E-state index contributed by atoms with van der Waals surface area (Å²) in [6.45, 7) is 9.75. The van der Waals surface area contributed by atoms with Crippen LogP contribution in [-0.2, 0) is 17.7 Å². The molecule has 2 unspecified atom stereocenters. The van der Waals surface area contributed by atoms with Crippen molar-refractivity contribution in [1.29, 1.82) is 5.26 Å². The van der Waals surface area contributed by atoms with Gasteiger partial charge in [-0.15, -0.1) is 6.42 Å². The second-order valence-corrected chi connectivity index (χ2v) is 14.4. The van der Waals surface area contributed by atoms with E-state index in [4.69, 9.17) is 20.9 Å². The minimum Gasteiger partial charge on any atom is -0.475 e. The third kappa shape index (κ3) is 5.83. The number of hydrogen-bond acceptors (Lipinski definition) is 8. The lowest BCUT2D eigenvalue weighted by atomic mass is 9.93. The molecule has 47 heavy (non-hydrogen) atoms. The number of anilines is 2. The van der Waals surface area contributed by atoms with E-state index in [0.717, 1.165) is 84.2 Å². The highest BCUT2D eigenvalue weighted by atomic mass is 16.6. The molecule has 5 heterocycles. The van der Waals surface area contributed by atoms with Crippen molar-refractivity contribution in [2.75, 3.05) is 49.6 Å². The fourth-order valence-electron chi connectivity index (χ4n) is 8.02. The van der Waals surface area contributed by atoms with Gasteiger partial charge >= 0.3 is 6.09 Å². The van der Waals surface area contributed by atoms with Crippen LogP contribution in [0, 0.1) is 23.7 Å². The van der Waals surface area contributed by atoms with Crippen LogP contribution in [-0.4, -0.2) is 84.4 Å². The van der Waals surface area contributed by atoms with Gasteiger partial charge in [0.05, 0.1) is 0 Å². The molecule has 9 nitrogen and oxygen atoms in total. The van der Waals surface area contributed by atoms with Gasteiger partial charge in [0, 0.05) is 72.1 Å². The van der Waals surface area contributed by atoms with Crippen LogP contribution in [0.5, 0.6) is 5.88 Å². The molecule has 0 aliphatic carbocycles. The monoisotopic (exact) mass is 632 g/mol. The lowest BCUT2D eigenvalue weighted by molar-refractivity contribution is 0.0209. The van der Waals surface area contributed by atoms with Crippen molar-refractivity contribution in [3.8, 4) is 24.3 Å². The quantitative estimate of drug-likeness (QED) is 0.331. The summed E-state index contributed by atoms with van der Waals surface area (Å²) >= 11 is 0. The van der Waals surface area contributed by atoms with Gasteiger partial charge in [-0.2, -0.15) is 10.2 Å². The van der Waals surface area contributed by atoms with Gasteiger partial charge in [-0.25, -0.2) is 4.79 Å². The molecule has 7 rings (SSSR count). The summed E-state index contributed by atoms with van der Waals surface area (Å²) in [6.07, 6.45) is 10.6. The second-order valence-electron chi connectivity index (χ2n) is 14.4. The number of likely N-dealkylation sites (tertiary alicyclic amines) is 2. The molecule has 3 aromatic rings. The number of fused-ring (bicyclic) bond motifs is 4. The van der Waals surface area contributed by atoms with E-state index in [1.807, 2.05) is 37.8 Å². The maximum absolute atomic E-state index is 13.1. The highest BCUT2D eigenvalue weighted by Crippen LogP contribution is 2.43. The fourth-order valence-corrected chi connectivity index (χ4v) is 8.02. The zero-order chi connectivity index (χ0) is 32.9. The summed E-state index contributed by atoms with van der Waals surface area (Å²) < 4.78 is 12.2. The first kappa shape index (κ1) is 31.1. The predicted molar refractivity (Wildman–Crippen MR) is 184 cm³/mol. The number of benzene rings is 2. The standard InChI is InChI=1S/C38H44N6O3/c1-6-25-10-7-11-26-12-8-14-33(34(25)26)42-19-17-30-32(23-42)31(20-39)36(46-24-29-13-9-18-41(29)5)40-35(30)44-27-15-16-28(44)22-43(21-27)37(45)47-38(2,3)4/h1,7-8,10-12,14,27-29H,9,13,15-19,21-24H2,2-5H3/t27?,28?,29-/m0/s1. The number of carbonyl (C=O) groups is 1. The van der Waals surface area contributed by atoms with Crippen LogP contribution in [0.3, 0.4) is 0 Å². The van der Waals surface area contributed by atoms with Crippen LogP contribution in [0.4, 0.5) is 16.3 Å². The summed E-state index contributed by atoms with van der Waals surface area (Å²) in [6, 6.07) is 15.4. The molecule has 2 bridgehead atoms. The maximum atomic E-state index is 13.1. The molecule has 3 fully saturated rings. The minimum absolute atomic E-state index is 0.119. The topological polar surface area (TPSA) is 85.2 Å². The van der Waals surface area contributed by atoms with E-state index in [-0.39, 0.29) is 18.2 Å². The molecule has 9 heteroatoms. The second kappa shape index (κ2) is 12.3. The van der Waals surface area contributed by atoms with Gasteiger partial charge in [-0.3, -0.25) is 0 Å². The van der Waals surface area contributed by atoms with Crippen molar-refractivity contribution in [3.05, 3.63) is 58.7 Å². The molecular weight excluding hydrogens is 588 g/mol. The number of nitriles is 1. The Hall–Kier alpha value is -4.47. The van der Waals surface area contributed by atoms with Crippen LogP contribution in [0.2, 0.25) is 0 Å². The number of pyridine rings is 1. The molecule has 4 aliphatic heterocycles. The van der Waals surface area contributed by atoms with Gasteiger partial charge in [0.1, 0.15) is 29.7 Å². The van der Waals surface area contributed by atoms with Crippen molar-refractivity contribution in [1.82, 2.24) is 14.8 Å². The molecular formula is C38H44N6O3. The van der Waals surface area contributed by atoms with Crippen molar-refractivity contribution in [3.63, 3.8) is 0 Å². The molecule has 1 aromatic heterocycles. The van der Waals surface area contributed by atoms with Crippen molar-refractivity contribution in [2.24, 2.45) is 0 Å². The van der Waals surface area contributed by atoms with Gasteiger partial charge in [0.25, 0.3) is 0 Å². The Kier molecular flexibility index (Phi) is 8.14. The first-order chi connectivity index (χ1) is 22.6. The van der Waals surface area contributed by atoms with Crippen LogP contribution in [0.15, 0.2) is 36.4 Å². The predicted octanol–water partition coefficient (Wildman–Crippen LogP) is 5.71. The average molecular weight is 633 g/mol. The normalized spacial score (nSPS) is 22.6. The van der Waals surface area contributed by atoms with Gasteiger partial charge in [-0.05, 0) is 84.0 Å². The van der Waals surface area contributed by atoms with E-state index in [9.17, 15) is 10.1 Å². The number of piperazine rings is 1. The number of nitrogens with zero attached hydrogens (tertiary/aromatic N) is 6. The van der Waals surface area contributed by atoms with E-state index in [2.05, 4.69) is 58.0 Å². The zero-order valence-electron chi connectivity index (χ0n) is 28.0. The number of carbonyl (C=O) groups excluding carboxylic acids is 1. The van der Waals surface area contributed by atoms with Crippen molar-refractivity contribution < 1.29 is 14.3 Å². The Labute approximate surface area is 278 Å². The van der Waals surface area contributed by atoms with Crippen molar-refractivity contribution >= 4 is 28.4 Å². The van der Waals surface area contributed by atoms with E-state index in [1.165, 1.54) is 0 Å². The summed E-state index contributed by atoms with van der Waals surface area (Å²) in [5, 5.41) is 12.8. The molecule has 0 radical (unpaired) electrons. The number of aromatic nitrogens is 1. The first-order valence-electron chi connectivity index (χ1n) is 16.9. The Balaban J connectivity index is 1.27. The smallest absolute Gasteiger partial charge is 0.410 e. The van der Waals surface area contributed by atoms with E-state index < -0.39 is 5.60 Å². The average Bonchev–Trinajstić information content (AvgIpc) is 3.58. The summed E-state index contributed by atoms with van der Waals surface area (Å²) in [5.41, 5.74) is 4.00. The minimum atomic E-state index is -0.544. The lowest BCUT2D eigenvalue weighted by Gasteiger charge is -2.43. The molecule has 1 amide bonds. The SMILES string of the molecule is C#Cc1cccc2cccc(N3CCc4c(N5C6CCC5CN(C(=O)OC(C)(C)C)C6)nc(OC[C@@H]5CCCN5C)c(C#N)c4C3)c12.